The molecule has 1 aromatic rings. The van der Waals surface area contributed by atoms with Crippen molar-refractivity contribution in [2.24, 2.45) is 9.98 Å². The predicted octanol–water partition coefficient (Wildman–Crippen LogP) is 2.10. The summed E-state index contributed by atoms with van der Waals surface area (Å²) in [6.07, 6.45) is 11.3. The van der Waals surface area contributed by atoms with Crippen molar-refractivity contribution in [1.82, 2.24) is 8.87 Å². The van der Waals surface area contributed by atoms with E-state index in [1.807, 2.05) is 18.1 Å². The van der Waals surface area contributed by atoms with Gasteiger partial charge in [0.2, 0.25) is 0 Å². The monoisotopic (exact) mass is 344 g/mol. The number of aromatic nitrogens is 1. The molecule has 3 rings (SSSR count). The fourth-order valence-electron chi connectivity index (χ4n) is 3.85. The Balaban J connectivity index is 2.05. The van der Waals surface area contributed by atoms with Gasteiger partial charge in [0.15, 0.2) is 0 Å². The molecule has 2 heterocycles. The molecule has 0 spiro atoms. The average Bonchev–Trinajstić information content (AvgIpc) is 3.12. The summed E-state index contributed by atoms with van der Waals surface area (Å²) >= 11 is 1.84. The second kappa shape index (κ2) is 8.17. The van der Waals surface area contributed by atoms with Gasteiger partial charge in [-0.25, -0.2) is 0 Å². The molecule has 1 saturated heterocycles. The first-order valence-electron chi connectivity index (χ1n) is 8.92. The zero-order valence-corrected chi connectivity index (χ0v) is 15.5. The van der Waals surface area contributed by atoms with E-state index in [9.17, 15) is 0 Å². The summed E-state index contributed by atoms with van der Waals surface area (Å²) in [6, 6.07) is 5.09. The maximum atomic E-state index is 5.18. The van der Waals surface area contributed by atoms with E-state index in [1.54, 1.807) is 0 Å². The van der Waals surface area contributed by atoms with Crippen molar-refractivity contribution in [2.45, 2.75) is 50.6 Å². The molecule has 1 saturated carbocycles. The van der Waals surface area contributed by atoms with Gasteiger partial charge >= 0.3 is 0 Å². The van der Waals surface area contributed by atoms with Crippen LogP contribution in [0.2, 0.25) is 0 Å². The Labute approximate surface area is 148 Å². The molecule has 2 fully saturated rings. The molecule has 0 N–H and O–H groups in total. The first kappa shape index (κ1) is 17.5. The Kier molecular flexibility index (Phi) is 5.95. The Morgan fingerprint density at radius 1 is 1.17 bits per heavy atom. The molecule has 1 aliphatic carbocycles. The van der Waals surface area contributed by atoms with E-state index < -0.39 is 0 Å². The van der Waals surface area contributed by atoms with E-state index in [0.29, 0.717) is 12.1 Å². The van der Waals surface area contributed by atoms with Crippen molar-refractivity contribution < 1.29 is 0 Å². The lowest BCUT2D eigenvalue weighted by atomic mass is 10.1. The highest BCUT2D eigenvalue weighted by molar-refractivity contribution is 7.96. The molecular weight excluding hydrogens is 316 g/mol. The van der Waals surface area contributed by atoms with Gasteiger partial charge in [-0.3, -0.25) is 14.3 Å². The van der Waals surface area contributed by atoms with Crippen molar-refractivity contribution in [1.29, 1.82) is 0 Å². The van der Waals surface area contributed by atoms with Crippen LogP contribution in [-0.2, 0) is 0 Å². The highest BCUT2D eigenvalue weighted by Gasteiger charge is 2.20. The Morgan fingerprint density at radius 3 is 2.50 bits per heavy atom. The molecule has 24 heavy (non-hydrogen) atoms. The van der Waals surface area contributed by atoms with Crippen LogP contribution in [0.1, 0.15) is 44.6 Å². The van der Waals surface area contributed by atoms with Gasteiger partial charge in [-0.05, 0) is 50.8 Å². The van der Waals surface area contributed by atoms with Gasteiger partial charge in [-0.15, -0.1) is 0 Å². The molecule has 5 heteroatoms. The summed E-state index contributed by atoms with van der Waals surface area (Å²) in [6.45, 7) is 10.1. The third-order valence-corrected chi connectivity index (χ3v) is 6.04. The van der Waals surface area contributed by atoms with Gasteiger partial charge in [0.1, 0.15) is 5.49 Å². The molecule has 0 aromatic carbocycles. The summed E-state index contributed by atoms with van der Waals surface area (Å²) in [5.74, 6) is 0. The number of piperidine rings is 1. The lowest BCUT2D eigenvalue weighted by Crippen LogP contribution is -2.46. The van der Waals surface area contributed by atoms with Crippen molar-refractivity contribution in [3.05, 3.63) is 28.2 Å². The van der Waals surface area contributed by atoms with E-state index in [2.05, 4.69) is 45.5 Å². The minimum Gasteiger partial charge on any atom is -0.324 e. The Bertz CT molecular complexity index is 738. The second-order valence-corrected chi connectivity index (χ2v) is 7.58. The quantitative estimate of drug-likeness (QED) is 0.619. The van der Waals surface area contributed by atoms with Crippen LogP contribution in [0, 0.1) is 0 Å². The molecule has 1 aromatic heterocycles. The number of aliphatic imine (C=N–C) groups is 1. The summed E-state index contributed by atoms with van der Waals surface area (Å²) in [4.78, 5) is 9.18. The predicted molar refractivity (Wildman–Crippen MR) is 104 cm³/mol. The van der Waals surface area contributed by atoms with E-state index in [1.165, 1.54) is 25.7 Å². The van der Waals surface area contributed by atoms with Gasteiger partial charge in [-0.2, -0.15) is 0 Å². The average molecular weight is 345 g/mol. The van der Waals surface area contributed by atoms with Crippen LogP contribution in [0.3, 0.4) is 0 Å². The van der Waals surface area contributed by atoms with Gasteiger partial charge in [0, 0.05) is 35.9 Å². The fourth-order valence-corrected chi connectivity index (χ4v) is 4.42. The van der Waals surface area contributed by atoms with E-state index in [4.69, 9.17) is 4.99 Å². The van der Waals surface area contributed by atoms with Crippen molar-refractivity contribution in [3.8, 4) is 0 Å². The lowest BCUT2D eigenvalue weighted by Gasteiger charge is -2.28. The summed E-state index contributed by atoms with van der Waals surface area (Å²) in [5.41, 5.74) is 1.06. The van der Waals surface area contributed by atoms with Crippen LogP contribution in [0.25, 0.3) is 12.8 Å². The smallest absolute Gasteiger partial charge is 0.137 e. The maximum Gasteiger partial charge on any atom is 0.137 e. The zero-order valence-electron chi connectivity index (χ0n) is 14.7. The maximum absolute atomic E-state index is 5.18. The molecule has 2 aliphatic rings. The third kappa shape index (κ3) is 3.83. The molecular formula is C19H28N4S. The van der Waals surface area contributed by atoms with Crippen LogP contribution >= 0.6 is 11.9 Å². The first-order valence-corrected chi connectivity index (χ1v) is 10.1. The van der Waals surface area contributed by atoms with E-state index in [-0.39, 0.29) is 0 Å². The SMILES string of the molecule is C=N/C=c1/ccc(=C)n(C2CCCC2)c1=NC1CCN(SC)CC1. The largest absolute Gasteiger partial charge is 0.324 e. The Hall–Kier alpha value is -1.33. The van der Waals surface area contributed by atoms with Crippen LogP contribution in [0.5, 0.6) is 0 Å². The van der Waals surface area contributed by atoms with Crippen LogP contribution in [0.15, 0.2) is 22.1 Å². The molecule has 1 aliphatic heterocycles. The lowest BCUT2D eigenvalue weighted by molar-refractivity contribution is 0.341. The second-order valence-electron chi connectivity index (χ2n) is 6.70. The Morgan fingerprint density at radius 2 is 1.88 bits per heavy atom. The van der Waals surface area contributed by atoms with Crippen molar-refractivity contribution >= 4 is 31.4 Å². The first-order chi connectivity index (χ1) is 11.7. The summed E-state index contributed by atoms with van der Waals surface area (Å²) in [7, 11) is 0. The molecule has 0 atom stereocenters. The highest BCUT2D eigenvalue weighted by Crippen LogP contribution is 2.27. The minimum atomic E-state index is 0.389. The molecule has 0 bridgehead atoms. The molecule has 0 unspecified atom stereocenters. The zero-order chi connectivity index (χ0) is 16.9. The summed E-state index contributed by atoms with van der Waals surface area (Å²) in [5, 5.41) is 2.13. The highest BCUT2D eigenvalue weighted by atomic mass is 32.2. The number of hydrogen-bond donors (Lipinski definition) is 0. The number of hydrogen-bond acceptors (Lipinski definition) is 4. The van der Waals surface area contributed by atoms with Gasteiger partial charge in [0.25, 0.3) is 0 Å². The number of pyridine rings is 1. The molecule has 4 nitrogen and oxygen atoms in total. The van der Waals surface area contributed by atoms with Gasteiger partial charge in [0.05, 0.1) is 6.04 Å². The number of nitrogens with zero attached hydrogens (tertiary/aromatic N) is 4. The van der Waals surface area contributed by atoms with Crippen LogP contribution in [-0.4, -0.2) is 41.0 Å². The van der Waals surface area contributed by atoms with Gasteiger partial charge < -0.3 is 4.57 Å². The van der Waals surface area contributed by atoms with E-state index in [0.717, 1.165) is 42.0 Å². The van der Waals surface area contributed by atoms with Crippen molar-refractivity contribution in [3.63, 3.8) is 0 Å². The third-order valence-electron chi connectivity index (χ3n) is 5.16. The fraction of sp³-hybridized carbons (Fsp3) is 0.579. The van der Waals surface area contributed by atoms with Crippen LogP contribution < -0.4 is 16.1 Å². The standard InChI is InChI=1S/C19H28N4S/c1-15-8-9-16(14-20-2)19(23(15)18-6-4-5-7-18)21-17-10-12-22(24-3)13-11-17/h8-9,14,17-18H,1-2,4-7,10-13H2,3H3/b16-14-,21-19?. The molecule has 130 valence electrons. The number of rotatable bonds is 4. The van der Waals surface area contributed by atoms with Gasteiger partial charge in [-0.1, -0.05) is 31.4 Å². The van der Waals surface area contributed by atoms with E-state index >= 15 is 0 Å². The summed E-state index contributed by atoms with van der Waals surface area (Å²) < 4.78 is 4.79. The molecule has 0 amide bonds. The minimum absolute atomic E-state index is 0.389. The molecule has 0 radical (unpaired) electrons. The topological polar surface area (TPSA) is 32.9 Å². The normalized spacial score (nSPS) is 22.4. The van der Waals surface area contributed by atoms with Crippen LogP contribution in [0.4, 0.5) is 0 Å². The van der Waals surface area contributed by atoms with Crippen molar-refractivity contribution in [2.75, 3.05) is 19.3 Å².